The highest BCUT2D eigenvalue weighted by Gasteiger charge is 2.32. The molecule has 2 amide bonds. The van der Waals surface area contributed by atoms with Crippen LogP contribution in [0.3, 0.4) is 0 Å². The molecule has 1 unspecified atom stereocenters. The number of aryl methyl sites for hydroxylation is 1. The molecule has 9 heteroatoms. The molecular formula is C21H27N3O5S. The van der Waals surface area contributed by atoms with Gasteiger partial charge < -0.3 is 15.2 Å². The number of benzene rings is 1. The third kappa shape index (κ3) is 5.27. The van der Waals surface area contributed by atoms with Gasteiger partial charge in [-0.1, -0.05) is 12.1 Å². The summed E-state index contributed by atoms with van der Waals surface area (Å²) >= 11 is 0. The van der Waals surface area contributed by atoms with E-state index in [4.69, 9.17) is 0 Å². The van der Waals surface area contributed by atoms with Crippen molar-refractivity contribution in [2.75, 3.05) is 25.1 Å². The molecule has 0 bridgehead atoms. The van der Waals surface area contributed by atoms with Gasteiger partial charge in [0, 0.05) is 36.2 Å². The predicted octanol–water partition coefficient (Wildman–Crippen LogP) is 1.45. The van der Waals surface area contributed by atoms with Crippen molar-refractivity contribution in [3.8, 4) is 0 Å². The van der Waals surface area contributed by atoms with Crippen molar-refractivity contribution in [1.29, 1.82) is 0 Å². The number of hydrogen-bond acceptors (Lipinski definition) is 5. The molecule has 2 atom stereocenters. The molecule has 162 valence electrons. The van der Waals surface area contributed by atoms with Crippen LogP contribution < -0.4 is 5.32 Å². The fourth-order valence-electron chi connectivity index (χ4n) is 3.79. The van der Waals surface area contributed by atoms with Gasteiger partial charge in [0.05, 0.1) is 0 Å². The number of likely N-dealkylation sites (tertiary alicyclic amines) is 1. The van der Waals surface area contributed by atoms with E-state index in [1.807, 2.05) is 25.1 Å². The van der Waals surface area contributed by atoms with Crippen LogP contribution in [-0.4, -0.2) is 67.0 Å². The Hall–Kier alpha value is -2.68. The molecule has 0 aliphatic carbocycles. The van der Waals surface area contributed by atoms with Crippen molar-refractivity contribution in [2.24, 2.45) is 5.92 Å². The number of piperidine rings is 1. The summed E-state index contributed by atoms with van der Waals surface area (Å²) < 4.78 is 22.8. The third-order valence-corrected chi connectivity index (χ3v) is 6.14. The van der Waals surface area contributed by atoms with Crippen molar-refractivity contribution in [3.05, 3.63) is 35.5 Å². The molecule has 1 aliphatic rings. The molecule has 1 aliphatic heterocycles. The topological polar surface area (TPSA) is 116 Å². The monoisotopic (exact) mass is 433 g/mol. The van der Waals surface area contributed by atoms with E-state index in [2.05, 4.69) is 10.3 Å². The number of carbonyl (C=O) groups is 3. The lowest BCUT2D eigenvalue weighted by atomic mass is 9.94. The highest BCUT2D eigenvalue weighted by atomic mass is 32.2. The van der Waals surface area contributed by atoms with Crippen molar-refractivity contribution in [3.63, 3.8) is 0 Å². The summed E-state index contributed by atoms with van der Waals surface area (Å²) in [7, 11) is -3.40. The fourth-order valence-corrected chi connectivity index (χ4v) is 4.54. The summed E-state index contributed by atoms with van der Waals surface area (Å²) in [5.74, 6) is -2.03. The maximum absolute atomic E-state index is 12.8. The average Bonchev–Trinajstić information content (AvgIpc) is 3.09. The molecule has 1 aromatic carbocycles. The number of hydrogen-bond donors (Lipinski definition) is 2. The number of nitrogens with one attached hydrogen (secondary N) is 2. The van der Waals surface area contributed by atoms with Crippen LogP contribution in [0.4, 0.5) is 0 Å². The van der Waals surface area contributed by atoms with Crippen LogP contribution in [0.15, 0.2) is 24.3 Å². The molecule has 8 nitrogen and oxygen atoms in total. The first kappa shape index (κ1) is 22.0. The number of H-pyrrole nitrogens is 1. The molecule has 0 saturated carbocycles. The van der Waals surface area contributed by atoms with Gasteiger partial charge in [0.2, 0.25) is 5.91 Å². The lowest BCUT2D eigenvalue weighted by Crippen LogP contribution is -2.51. The molecule has 30 heavy (non-hydrogen) atoms. The zero-order chi connectivity index (χ0) is 22.1. The van der Waals surface area contributed by atoms with E-state index in [1.54, 1.807) is 13.0 Å². The van der Waals surface area contributed by atoms with Crippen LogP contribution in [-0.2, 0) is 19.4 Å². The first-order valence-corrected chi connectivity index (χ1v) is 12.0. The summed E-state index contributed by atoms with van der Waals surface area (Å²) in [5.41, 5.74) is 2.29. The molecule has 2 heterocycles. The standard InChI is InChI=1S/C21H27N3O5S/c1-13-6-7-15-10-18(23-17(15)9-13)20(26)22-14(2)21(27)24-8-4-5-16(11-24)19(25)12-30(3,28)29/h6-7,9-10,14,16,23H,4-5,8,11-12H2,1-3H3,(H,22,26)/t14-,16?/m1/s1. The second-order valence-electron chi connectivity index (χ2n) is 8.13. The highest BCUT2D eigenvalue weighted by Crippen LogP contribution is 2.20. The van der Waals surface area contributed by atoms with E-state index in [-0.39, 0.29) is 24.1 Å². The number of carbonyl (C=O) groups excluding carboxylic acids is 3. The first-order valence-electron chi connectivity index (χ1n) is 9.93. The van der Waals surface area contributed by atoms with Crippen LogP contribution in [0.1, 0.15) is 35.8 Å². The summed E-state index contributed by atoms with van der Waals surface area (Å²) in [6.07, 6.45) is 2.21. The van der Waals surface area contributed by atoms with Gasteiger partial charge in [-0.05, 0) is 44.4 Å². The SMILES string of the molecule is Cc1ccc2cc(C(=O)N[C@H](C)C(=O)N3CCCC(C(=O)CS(C)(=O)=O)C3)[nH]c2c1. The number of rotatable bonds is 6. The Morgan fingerprint density at radius 1 is 1.27 bits per heavy atom. The number of nitrogens with zero attached hydrogens (tertiary/aromatic N) is 1. The maximum atomic E-state index is 12.8. The van der Waals surface area contributed by atoms with Gasteiger partial charge in [0.25, 0.3) is 5.91 Å². The Morgan fingerprint density at radius 3 is 2.70 bits per heavy atom. The zero-order valence-corrected chi connectivity index (χ0v) is 18.2. The van der Waals surface area contributed by atoms with Crippen molar-refractivity contribution in [2.45, 2.75) is 32.7 Å². The number of fused-ring (bicyclic) bond motifs is 1. The summed E-state index contributed by atoms with van der Waals surface area (Å²) in [5, 5.41) is 3.62. The lowest BCUT2D eigenvalue weighted by Gasteiger charge is -2.33. The van der Waals surface area contributed by atoms with E-state index in [1.165, 1.54) is 4.90 Å². The minimum Gasteiger partial charge on any atom is -0.351 e. The molecule has 1 saturated heterocycles. The van der Waals surface area contributed by atoms with Crippen LogP contribution in [0, 0.1) is 12.8 Å². The zero-order valence-electron chi connectivity index (χ0n) is 17.4. The Morgan fingerprint density at radius 2 is 2.00 bits per heavy atom. The van der Waals surface area contributed by atoms with Gasteiger partial charge in [-0.15, -0.1) is 0 Å². The molecular weight excluding hydrogens is 406 g/mol. The molecule has 1 fully saturated rings. The smallest absolute Gasteiger partial charge is 0.268 e. The van der Waals surface area contributed by atoms with E-state index in [0.29, 0.717) is 25.1 Å². The summed E-state index contributed by atoms with van der Waals surface area (Å²) in [6.45, 7) is 4.23. The number of sulfone groups is 1. The lowest BCUT2D eigenvalue weighted by molar-refractivity contribution is -0.136. The van der Waals surface area contributed by atoms with Gasteiger partial charge in [-0.2, -0.15) is 0 Å². The van der Waals surface area contributed by atoms with Crippen LogP contribution in [0.2, 0.25) is 0 Å². The van der Waals surface area contributed by atoms with E-state index < -0.39 is 27.5 Å². The Bertz CT molecular complexity index is 1090. The number of aromatic nitrogens is 1. The fraction of sp³-hybridized carbons (Fsp3) is 0.476. The highest BCUT2D eigenvalue weighted by molar-refractivity contribution is 7.91. The average molecular weight is 434 g/mol. The third-order valence-electron chi connectivity index (χ3n) is 5.33. The van der Waals surface area contributed by atoms with Gasteiger partial charge in [-0.25, -0.2) is 8.42 Å². The minimum absolute atomic E-state index is 0.180. The molecule has 1 aromatic heterocycles. The van der Waals surface area contributed by atoms with Crippen molar-refractivity contribution < 1.29 is 22.8 Å². The van der Waals surface area contributed by atoms with Crippen LogP contribution in [0.5, 0.6) is 0 Å². The molecule has 3 rings (SSSR count). The second-order valence-corrected chi connectivity index (χ2v) is 10.3. The van der Waals surface area contributed by atoms with Gasteiger partial charge >= 0.3 is 0 Å². The summed E-state index contributed by atoms with van der Waals surface area (Å²) in [4.78, 5) is 42.2. The molecule has 2 aromatic rings. The normalized spacial score (nSPS) is 18.2. The Labute approximate surface area is 175 Å². The predicted molar refractivity (Wildman–Crippen MR) is 114 cm³/mol. The number of ketones is 1. The number of amides is 2. The summed E-state index contributed by atoms with van der Waals surface area (Å²) in [6, 6.07) is 6.80. The van der Waals surface area contributed by atoms with Gasteiger partial charge in [0.15, 0.2) is 15.6 Å². The van der Waals surface area contributed by atoms with Crippen molar-refractivity contribution >= 4 is 38.3 Å². The number of Topliss-reactive ketones (excluding diaryl/α,β-unsaturated/α-hetero) is 1. The van der Waals surface area contributed by atoms with Crippen LogP contribution >= 0.6 is 0 Å². The van der Waals surface area contributed by atoms with E-state index in [0.717, 1.165) is 22.7 Å². The maximum Gasteiger partial charge on any atom is 0.268 e. The number of aromatic amines is 1. The Balaban J connectivity index is 1.62. The quantitative estimate of drug-likeness (QED) is 0.715. The molecule has 0 spiro atoms. The van der Waals surface area contributed by atoms with Crippen LogP contribution in [0.25, 0.3) is 10.9 Å². The largest absolute Gasteiger partial charge is 0.351 e. The van der Waals surface area contributed by atoms with E-state index >= 15 is 0 Å². The molecule has 0 radical (unpaired) electrons. The van der Waals surface area contributed by atoms with Gasteiger partial charge in [0.1, 0.15) is 17.5 Å². The molecule has 2 N–H and O–H groups in total. The van der Waals surface area contributed by atoms with Gasteiger partial charge in [-0.3, -0.25) is 14.4 Å². The van der Waals surface area contributed by atoms with E-state index in [9.17, 15) is 22.8 Å². The first-order chi connectivity index (χ1) is 14.0. The minimum atomic E-state index is -3.40. The Kier molecular flexibility index (Phi) is 6.30. The van der Waals surface area contributed by atoms with Crippen molar-refractivity contribution in [1.82, 2.24) is 15.2 Å². The second kappa shape index (κ2) is 8.59.